The fourth-order valence-corrected chi connectivity index (χ4v) is 3.51. The van der Waals surface area contributed by atoms with Gasteiger partial charge in [-0.05, 0) is 50.0 Å². The summed E-state index contributed by atoms with van der Waals surface area (Å²) in [6.07, 6.45) is 7.62. The monoisotopic (exact) mass is 340 g/mol. The molecule has 1 N–H and O–H groups in total. The van der Waals surface area contributed by atoms with Crippen molar-refractivity contribution in [1.29, 1.82) is 0 Å². The molecule has 3 rings (SSSR count). The van der Waals surface area contributed by atoms with E-state index in [9.17, 15) is 4.79 Å². The SMILES string of the molecule is O=C(CCc1ccco1)NCC(Cc1ccccc1)N1CCCCC1. The summed E-state index contributed by atoms with van der Waals surface area (Å²) < 4.78 is 5.30. The van der Waals surface area contributed by atoms with Crippen molar-refractivity contribution in [2.45, 2.75) is 44.6 Å². The van der Waals surface area contributed by atoms with Gasteiger partial charge >= 0.3 is 0 Å². The Kier molecular flexibility index (Phi) is 6.69. The maximum atomic E-state index is 12.2. The molecule has 1 aromatic carbocycles. The number of piperidine rings is 1. The summed E-state index contributed by atoms with van der Waals surface area (Å²) in [6, 6.07) is 14.7. The molecule has 1 amide bonds. The highest BCUT2D eigenvalue weighted by Gasteiger charge is 2.21. The van der Waals surface area contributed by atoms with Gasteiger partial charge in [0.15, 0.2) is 0 Å². The number of hydrogen-bond donors (Lipinski definition) is 1. The van der Waals surface area contributed by atoms with Gasteiger partial charge in [-0.1, -0.05) is 36.8 Å². The molecule has 0 saturated carbocycles. The Morgan fingerprint density at radius 1 is 1.08 bits per heavy atom. The van der Waals surface area contributed by atoms with Crippen molar-refractivity contribution in [2.75, 3.05) is 19.6 Å². The smallest absolute Gasteiger partial charge is 0.220 e. The third-order valence-corrected chi connectivity index (χ3v) is 4.93. The average Bonchev–Trinajstić information content (AvgIpc) is 3.18. The van der Waals surface area contributed by atoms with E-state index in [4.69, 9.17) is 4.42 Å². The summed E-state index contributed by atoms with van der Waals surface area (Å²) in [5.74, 6) is 0.971. The highest BCUT2D eigenvalue weighted by molar-refractivity contribution is 5.76. The maximum absolute atomic E-state index is 12.2. The zero-order valence-electron chi connectivity index (χ0n) is 14.8. The van der Waals surface area contributed by atoms with Crippen LogP contribution in [0.25, 0.3) is 0 Å². The quantitative estimate of drug-likeness (QED) is 0.801. The number of carbonyl (C=O) groups excluding carboxylic acids is 1. The van der Waals surface area contributed by atoms with Gasteiger partial charge in [-0.25, -0.2) is 0 Å². The van der Waals surface area contributed by atoms with Crippen LogP contribution in [0.4, 0.5) is 0 Å². The Hall–Kier alpha value is -2.07. The van der Waals surface area contributed by atoms with Crippen LogP contribution in [0.1, 0.15) is 37.0 Å². The lowest BCUT2D eigenvalue weighted by Gasteiger charge is -2.35. The standard InChI is InChI=1S/C21H28N2O2/c24-21(12-11-20-10-7-15-25-20)22-17-19(23-13-5-2-6-14-23)16-18-8-3-1-4-9-18/h1,3-4,7-10,15,19H,2,5-6,11-14,16-17H2,(H,22,24). The molecule has 4 heteroatoms. The largest absolute Gasteiger partial charge is 0.469 e. The predicted molar refractivity (Wildman–Crippen MR) is 99.4 cm³/mol. The lowest BCUT2D eigenvalue weighted by Crippen LogP contribution is -2.47. The van der Waals surface area contributed by atoms with E-state index in [1.807, 2.05) is 12.1 Å². The lowest BCUT2D eigenvalue weighted by atomic mass is 10.0. The molecule has 1 atom stereocenters. The summed E-state index contributed by atoms with van der Waals surface area (Å²) in [7, 11) is 0. The molecule has 0 radical (unpaired) electrons. The number of hydrogen-bond acceptors (Lipinski definition) is 3. The fraction of sp³-hybridized carbons (Fsp3) is 0.476. The van der Waals surface area contributed by atoms with Crippen molar-refractivity contribution in [3.63, 3.8) is 0 Å². The van der Waals surface area contributed by atoms with Crippen LogP contribution in [0.5, 0.6) is 0 Å². The van der Waals surface area contributed by atoms with E-state index >= 15 is 0 Å². The van der Waals surface area contributed by atoms with E-state index in [2.05, 4.69) is 40.5 Å². The third kappa shape index (κ3) is 5.75. The minimum atomic E-state index is 0.103. The number of amides is 1. The normalized spacial score (nSPS) is 16.5. The van der Waals surface area contributed by atoms with Crippen molar-refractivity contribution in [3.8, 4) is 0 Å². The molecule has 25 heavy (non-hydrogen) atoms. The summed E-state index contributed by atoms with van der Waals surface area (Å²) in [5, 5.41) is 3.14. The second-order valence-electron chi connectivity index (χ2n) is 6.82. The van der Waals surface area contributed by atoms with Crippen molar-refractivity contribution < 1.29 is 9.21 Å². The lowest BCUT2D eigenvalue weighted by molar-refractivity contribution is -0.121. The Morgan fingerprint density at radius 3 is 2.60 bits per heavy atom. The molecule has 134 valence electrons. The van der Waals surface area contributed by atoms with Crippen LogP contribution in [0.2, 0.25) is 0 Å². The first-order valence-corrected chi connectivity index (χ1v) is 9.38. The van der Waals surface area contributed by atoms with Gasteiger partial charge in [0.05, 0.1) is 6.26 Å². The first-order valence-electron chi connectivity index (χ1n) is 9.38. The summed E-state index contributed by atoms with van der Waals surface area (Å²) >= 11 is 0. The number of likely N-dealkylation sites (tertiary alicyclic amines) is 1. The van der Waals surface area contributed by atoms with E-state index in [-0.39, 0.29) is 5.91 Å². The number of rotatable bonds is 8. The molecule has 1 aliphatic rings. The van der Waals surface area contributed by atoms with Crippen LogP contribution in [0, 0.1) is 0 Å². The molecule has 4 nitrogen and oxygen atoms in total. The Labute approximate surface area is 150 Å². The highest BCUT2D eigenvalue weighted by Crippen LogP contribution is 2.15. The van der Waals surface area contributed by atoms with Crippen LogP contribution in [-0.4, -0.2) is 36.5 Å². The van der Waals surface area contributed by atoms with E-state index in [0.29, 0.717) is 25.4 Å². The van der Waals surface area contributed by atoms with E-state index in [1.54, 1.807) is 6.26 Å². The number of nitrogens with zero attached hydrogens (tertiary/aromatic N) is 1. The van der Waals surface area contributed by atoms with E-state index in [0.717, 1.165) is 25.3 Å². The molecule has 1 saturated heterocycles. The summed E-state index contributed by atoms with van der Waals surface area (Å²) in [5.41, 5.74) is 1.34. The van der Waals surface area contributed by atoms with Gasteiger partial charge < -0.3 is 9.73 Å². The van der Waals surface area contributed by atoms with Gasteiger partial charge in [0.2, 0.25) is 5.91 Å². The molecule has 0 aliphatic carbocycles. The number of benzene rings is 1. The predicted octanol–water partition coefficient (Wildman–Crippen LogP) is 3.43. The minimum Gasteiger partial charge on any atom is -0.469 e. The van der Waals surface area contributed by atoms with Gasteiger partial charge in [0.1, 0.15) is 5.76 Å². The topological polar surface area (TPSA) is 45.5 Å². The summed E-state index contributed by atoms with van der Waals surface area (Å²) in [6.45, 7) is 2.99. The van der Waals surface area contributed by atoms with Gasteiger partial charge in [0.25, 0.3) is 0 Å². The Balaban J connectivity index is 1.52. The van der Waals surface area contributed by atoms with E-state index in [1.165, 1.54) is 24.8 Å². The van der Waals surface area contributed by atoms with Crippen molar-refractivity contribution in [1.82, 2.24) is 10.2 Å². The minimum absolute atomic E-state index is 0.103. The molecule has 1 aliphatic heterocycles. The van der Waals surface area contributed by atoms with Crippen LogP contribution in [0.3, 0.4) is 0 Å². The Bertz CT molecular complexity index is 619. The van der Waals surface area contributed by atoms with Gasteiger partial charge in [-0.2, -0.15) is 0 Å². The molecule has 0 bridgehead atoms. The molecule has 1 fully saturated rings. The molecular formula is C21H28N2O2. The zero-order chi connectivity index (χ0) is 17.3. The first-order chi connectivity index (χ1) is 12.3. The zero-order valence-corrected chi connectivity index (χ0v) is 14.8. The number of furan rings is 1. The van der Waals surface area contributed by atoms with Crippen molar-refractivity contribution >= 4 is 5.91 Å². The molecular weight excluding hydrogens is 312 g/mol. The Morgan fingerprint density at radius 2 is 1.88 bits per heavy atom. The van der Waals surface area contributed by atoms with E-state index < -0.39 is 0 Å². The van der Waals surface area contributed by atoms with Gasteiger partial charge in [-0.15, -0.1) is 0 Å². The fourth-order valence-electron chi connectivity index (χ4n) is 3.51. The second-order valence-corrected chi connectivity index (χ2v) is 6.82. The number of aryl methyl sites for hydroxylation is 1. The van der Waals surface area contributed by atoms with Crippen molar-refractivity contribution in [2.24, 2.45) is 0 Å². The second kappa shape index (κ2) is 9.42. The summed E-state index contributed by atoms with van der Waals surface area (Å²) in [4.78, 5) is 14.8. The van der Waals surface area contributed by atoms with Crippen LogP contribution < -0.4 is 5.32 Å². The van der Waals surface area contributed by atoms with Crippen LogP contribution in [0.15, 0.2) is 53.1 Å². The first kappa shape index (κ1) is 17.7. The maximum Gasteiger partial charge on any atom is 0.220 e. The molecule has 2 heterocycles. The third-order valence-electron chi connectivity index (χ3n) is 4.93. The number of carbonyl (C=O) groups is 1. The molecule has 1 unspecified atom stereocenters. The van der Waals surface area contributed by atoms with Crippen molar-refractivity contribution in [3.05, 3.63) is 60.1 Å². The molecule has 1 aromatic heterocycles. The average molecular weight is 340 g/mol. The molecule has 2 aromatic rings. The van der Waals surface area contributed by atoms with Gasteiger partial charge in [0, 0.05) is 25.4 Å². The van der Waals surface area contributed by atoms with Crippen LogP contribution >= 0.6 is 0 Å². The highest BCUT2D eigenvalue weighted by atomic mass is 16.3. The number of nitrogens with one attached hydrogen (secondary N) is 1. The van der Waals surface area contributed by atoms with Crippen LogP contribution in [-0.2, 0) is 17.6 Å². The van der Waals surface area contributed by atoms with Gasteiger partial charge in [-0.3, -0.25) is 9.69 Å². The molecule has 0 spiro atoms.